The van der Waals surface area contributed by atoms with Crippen LogP contribution < -0.4 is 4.90 Å². The van der Waals surface area contributed by atoms with Crippen LogP contribution in [0.3, 0.4) is 0 Å². The van der Waals surface area contributed by atoms with E-state index in [1.165, 1.54) is 48.9 Å². The van der Waals surface area contributed by atoms with Gasteiger partial charge in [0.15, 0.2) is 5.82 Å². The van der Waals surface area contributed by atoms with Crippen molar-refractivity contribution < 1.29 is 0 Å². The summed E-state index contributed by atoms with van der Waals surface area (Å²) in [5.74, 6) is 1.00. The summed E-state index contributed by atoms with van der Waals surface area (Å²) in [5.41, 5.74) is 3.86. The van der Waals surface area contributed by atoms with Gasteiger partial charge in [0.2, 0.25) is 0 Å². The van der Waals surface area contributed by atoms with E-state index in [9.17, 15) is 0 Å². The van der Waals surface area contributed by atoms with Crippen molar-refractivity contribution in [2.24, 2.45) is 0 Å². The SMILES string of the molecule is CN(C)c1ccc([C@H](c2nnnn2C2CCCCC2)N2CCN(Cc3ccccc3)CC2)cc1. The number of anilines is 1. The Morgan fingerprint density at radius 1 is 0.882 bits per heavy atom. The Balaban J connectivity index is 1.39. The summed E-state index contributed by atoms with van der Waals surface area (Å²) in [6.07, 6.45) is 6.21. The van der Waals surface area contributed by atoms with Gasteiger partial charge in [-0.05, 0) is 46.5 Å². The Bertz CT molecular complexity index is 1020. The molecule has 2 fully saturated rings. The number of rotatable bonds is 7. The van der Waals surface area contributed by atoms with Crippen molar-refractivity contribution >= 4 is 5.69 Å². The van der Waals surface area contributed by atoms with Gasteiger partial charge >= 0.3 is 0 Å². The monoisotopic (exact) mass is 459 g/mol. The van der Waals surface area contributed by atoms with E-state index in [1.54, 1.807) is 0 Å². The molecule has 1 aromatic heterocycles. The number of hydrogen-bond donors (Lipinski definition) is 0. The van der Waals surface area contributed by atoms with E-state index < -0.39 is 0 Å². The molecule has 7 heteroatoms. The topological polar surface area (TPSA) is 53.3 Å². The summed E-state index contributed by atoms with van der Waals surface area (Å²) in [5, 5.41) is 13.3. The van der Waals surface area contributed by atoms with Crippen LogP contribution in [0.2, 0.25) is 0 Å². The van der Waals surface area contributed by atoms with E-state index >= 15 is 0 Å². The molecule has 0 spiro atoms. The van der Waals surface area contributed by atoms with Gasteiger partial charge < -0.3 is 4.90 Å². The number of nitrogens with zero attached hydrogens (tertiary/aromatic N) is 7. The Labute approximate surface area is 203 Å². The number of hydrogen-bond acceptors (Lipinski definition) is 6. The number of benzene rings is 2. The zero-order valence-electron chi connectivity index (χ0n) is 20.6. The Hall–Kier alpha value is -2.77. The Kier molecular flexibility index (Phi) is 7.21. The fourth-order valence-electron chi connectivity index (χ4n) is 5.47. The van der Waals surface area contributed by atoms with Gasteiger partial charge in [-0.1, -0.05) is 61.7 Å². The molecular weight excluding hydrogens is 422 g/mol. The molecule has 1 atom stereocenters. The predicted octanol–water partition coefficient (Wildman–Crippen LogP) is 4.15. The highest BCUT2D eigenvalue weighted by Crippen LogP contribution is 2.34. The second kappa shape index (κ2) is 10.7. The molecule has 180 valence electrons. The molecule has 34 heavy (non-hydrogen) atoms. The third-order valence-corrected chi connectivity index (χ3v) is 7.43. The minimum atomic E-state index is 0.0759. The van der Waals surface area contributed by atoms with Crippen LogP contribution in [0.25, 0.3) is 0 Å². The van der Waals surface area contributed by atoms with Crippen LogP contribution in [0.15, 0.2) is 54.6 Å². The standard InChI is InChI=1S/C27H37N7/c1-31(2)24-15-13-23(14-16-24)26(27-28-29-30-34(27)25-11-7-4-8-12-25)33-19-17-32(18-20-33)21-22-9-5-3-6-10-22/h3,5-6,9-10,13-16,25-26H,4,7-8,11-12,17-21H2,1-2H3/t26-/m1/s1. The average Bonchev–Trinajstić information content (AvgIpc) is 3.36. The largest absolute Gasteiger partial charge is 0.378 e. The highest BCUT2D eigenvalue weighted by Gasteiger charge is 2.32. The summed E-state index contributed by atoms with van der Waals surface area (Å²) >= 11 is 0. The minimum Gasteiger partial charge on any atom is -0.378 e. The molecule has 2 heterocycles. The lowest BCUT2D eigenvalue weighted by molar-refractivity contribution is 0.0986. The molecule has 7 nitrogen and oxygen atoms in total. The molecule has 5 rings (SSSR count). The van der Waals surface area contributed by atoms with Gasteiger partial charge in [-0.2, -0.15) is 0 Å². The lowest BCUT2D eigenvalue weighted by Gasteiger charge is -2.39. The summed E-state index contributed by atoms with van der Waals surface area (Å²) < 4.78 is 2.15. The van der Waals surface area contributed by atoms with Gasteiger partial charge in [0.05, 0.1) is 12.1 Å². The van der Waals surface area contributed by atoms with Crippen LogP contribution in [0.1, 0.15) is 61.1 Å². The Morgan fingerprint density at radius 3 is 2.26 bits per heavy atom. The molecular formula is C27H37N7. The molecule has 0 radical (unpaired) electrons. The van der Waals surface area contributed by atoms with Crippen molar-refractivity contribution in [3.8, 4) is 0 Å². The van der Waals surface area contributed by atoms with Crippen LogP contribution in [-0.2, 0) is 6.54 Å². The molecule has 0 N–H and O–H groups in total. The molecule has 1 saturated heterocycles. The van der Waals surface area contributed by atoms with Crippen LogP contribution in [-0.4, -0.2) is 70.3 Å². The van der Waals surface area contributed by atoms with E-state index in [4.69, 9.17) is 0 Å². The van der Waals surface area contributed by atoms with Crippen molar-refractivity contribution in [3.05, 3.63) is 71.5 Å². The first-order chi connectivity index (χ1) is 16.7. The molecule has 2 aromatic carbocycles. The molecule has 0 unspecified atom stereocenters. The summed E-state index contributed by atoms with van der Waals surface area (Å²) in [6.45, 7) is 5.12. The quantitative estimate of drug-likeness (QED) is 0.529. The normalized spacial score (nSPS) is 19.2. The van der Waals surface area contributed by atoms with Crippen molar-refractivity contribution in [2.45, 2.75) is 50.7 Å². The first kappa shape index (κ1) is 23.0. The fourth-order valence-corrected chi connectivity index (χ4v) is 5.47. The van der Waals surface area contributed by atoms with Gasteiger partial charge in [-0.3, -0.25) is 9.80 Å². The predicted molar refractivity (Wildman–Crippen MR) is 136 cm³/mol. The van der Waals surface area contributed by atoms with Crippen molar-refractivity contribution in [1.29, 1.82) is 0 Å². The van der Waals surface area contributed by atoms with Gasteiger partial charge in [-0.15, -0.1) is 5.10 Å². The third-order valence-electron chi connectivity index (χ3n) is 7.43. The summed E-state index contributed by atoms with van der Waals surface area (Å²) in [6, 6.07) is 20.2. The maximum atomic E-state index is 4.62. The highest BCUT2D eigenvalue weighted by atomic mass is 15.6. The van der Waals surface area contributed by atoms with Gasteiger partial charge in [0, 0.05) is 52.5 Å². The van der Waals surface area contributed by atoms with Crippen LogP contribution >= 0.6 is 0 Å². The van der Waals surface area contributed by atoms with Crippen molar-refractivity contribution in [2.75, 3.05) is 45.2 Å². The number of piperazine rings is 1. The second-order valence-electron chi connectivity index (χ2n) is 9.96. The zero-order chi connectivity index (χ0) is 23.3. The number of tetrazole rings is 1. The van der Waals surface area contributed by atoms with Crippen LogP contribution in [0, 0.1) is 0 Å². The lowest BCUT2D eigenvalue weighted by Crippen LogP contribution is -2.48. The smallest absolute Gasteiger partial charge is 0.173 e. The van der Waals surface area contributed by atoms with Crippen molar-refractivity contribution in [1.82, 2.24) is 30.0 Å². The maximum Gasteiger partial charge on any atom is 0.173 e. The lowest BCUT2D eigenvalue weighted by atomic mass is 9.95. The molecule has 1 aliphatic carbocycles. The highest BCUT2D eigenvalue weighted by molar-refractivity contribution is 5.47. The summed E-state index contributed by atoms with van der Waals surface area (Å²) in [4.78, 5) is 7.28. The fraction of sp³-hybridized carbons (Fsp3) is 0.519. The average molecular weight is 460 g/mol. The van der Waals surface area contributed by atoms with Crippen molar-refractivity contribution in [3.63, 3.8) is 0 Å². The van der Waals surface area contributed by atoms with Crippen LogP contribution in [0.5, 0.6) is 0 Å². The molecule has 2 aliphatic rings. The molecule has 1 saturated carbocycles. The maximum absolute atomic E-state index is 4.62. The minimum absolute atomic E-state index is 0.0759. The van der Waals surface area contributed by atoms with E-state index in [0.29, 0.717) is 6.04 Å². The van der Waals surface area contributed by atoms with Gasteiger partial charge in [-0.25, -0.2) is 4.68 Å². The van der Waals surface area contributed by atoms with E-state index in [1.807, 2.05) is 0 Å². The second-order valence-corrected chi connectivity index (χ2v) is 9.96. The first-order valence-electron chi connectivity index (χ1n) is 12.7. The zero-order valence-corrected chi connectivity index (χ0v) is 20.6. The molecule has 3 aromatic rings. The summed E-state index contributed by atoms with van der Waals surface area (Å²) in [7, 11) is 4.17. The third kappa shape index (κ3) is 5.15. The van der Waals surface area contributed by atoms with Gasteiger partial charge in [0.25, 0.3) is 0 Å². The Morgan fingerprint density at radius 2 is 1.59 bits per heavy atom. The van der Waals surface area contributed by atoms with Gasteiger partial charge in [0.1, 0.15) is 0 Å². The molecule has 0 bridgehead atoms. The first-order valence-corrected chi connectivity index (χ1v) is 12.7. The number of aromatic nitrogens is 4. The molecule has 0 amide bonds. The van der Waals surface area contributed by atoms with E-state index in [2.05, 4.69) is 104 Å². The molecule has 1 aliphatic heterocycles. The van der Waals surface area contributed by atoms with E-state index in [0.717, 1.165) is 38.5 Å². The van der Waals surface area contributed by atoms with Crippen LogP contribution in [0.4, 0.5) is 5.69 Å². The van der Waals surface area contributed by atoms with E-state index in [-0.39, 0.29) is 6.04 Å².